The Morgan fingerprint density at radius 3 is 2.41 bits per heavy atom. The van der Waals surface area contributed by atoms with E-state index in [1.54, 1.807) is 0 Å². The third-order valence-electron chi connectivity index (χ3n) is 5.44. The molecule has 1 saturated heterocycles. The lowest BCUT2D eigenvalue weighted by Crippen LogP contribution is -2.47. The molecule has 1 fully saturated rings. The second-order valence-corrected chi connectivity index (χ2v) is 9.70. The third-order valence-corrected chi connectivity index (χ3v) is 6.68. The summed E-state index contributed by atoms with van der Waals surface area (Å²) in [6, 6.07) is 1.95. The van der Waals surface area contributed by atoms with Gasteiger partial charge >= 0.3 is 0 Å². The first-order valence-corrected chi connectivity index (χ1v) is 12.6. The second-order valence-electron chi connectivity index (χ2n) is 8.00. The Bertz CT molecular complexity index is 976. The monoisotopic (exact) mass is 504 g/mol. The number of hydrogen-bond donors (Lipinski definition) is 3. The van der Waals surface area contributed by atoms with Gasteiger partial charge in [0.1, 0.15) is 17.5 Å². The van der Waals surface area contributed by atoms with Crippen LogP contribution in [0.15, 0.2) is 63.3 Å². The van der Waals surface area contributed by atoms with E-state index in [1.165, 1.54) is 11.8 Å². The minimum atomic E-state index is 0.189. The molecule has 0 saturated carbocycles. The van der Waals surface area contributed by atoms with Crippen molar-refractivity contribution in [2.75, 3.05) is 49.5 Å². The van der Waals surface area contributed by atoms with Crippen LogP contribution in [0, 0.1) is 6.92 Å². The molecule has 7 nitrogen and oxygen atoms in total. The fraction of sp³-hybridized carbons (Fsp3) is 0.440. The van der Waals surface area contributed by atoms with Crippen LogP contribution in [0.3, 0.4) is 0 Å². The molecule has 0 aromatic carbocycles. The molecular weight excluding hydrogens is 468 g/mol. The largest absolute Gasteiger partial charge is 0.395 e. The minimum absolute atomic E-state index is 0.189. The number of aliphatic hydroxyl groups excluding tert-OH is 1. The maximum Gasteiger partial charge on any atom is 0.136 e. The lowest BCUT2D eigenvalue weighted by Gasteiger charge is -2.35. The zero-order valence-electron chi connectivity index (χ0n) is 20.9. The van der Waals surface area contributed by atoms with Crippen molar-refractivity contribution in [1.82, 2.24) is 20.2 Å². The van der Waals surface area contributed by atoms with E-state index >= 15 is 0 Å². The molecule has 2 rings (SSSR count). The van der Waals surface area contributed by atoms with Crippen LogP contribution in [0.4, 0.5) is 11.6 Å². The maximum atomic E-state index is 9.16. The van der Waals surface area contributed by atoms with Gasteiger partial charge in [0, 0.05) is 54.4 Å². The Labute approximate surface area is 213 Å². The van der Waals surface area contributed by atoms with Crippen molar-refractivity contribution >= 4 is 35.0 Å². The number of nitrogens with one attached hydrogen (secondary N) is 2. The van der Waals surface area contributed by atoms with Gasteiger partial charge < -0.3 is 20.6 Å². The van der Waals surface area contributed by atoms with Crippen LogP contribution in [-0.4, -0.2) is 59.3 Å². The van der Waals surface area contributed by atoms with Crippen molar-refractivity contribution in [1.29, 1.82) is 0 Å². The van der Waals surface area contributed by atoms with Crippen molar-refractivity contribution in [2.24, 2.45) is 0 Å². The predicted octanol–water partition coefficient (Wildman–Crippen LogP) is 4.96. The van der Waals surface area contributed by atoms with Crippen LogP contribution in [0.2, 0.25) is 0 Å². The number of aliphatic hydroxyl groups is 1. The van der Waals surface area contributed by atoms with E-state index in [-0.39, 0.29) is 6.61 Å². The van der Waals surface area contributed by atoms with E-state index in [2.05, 4.69) is 43.6 Å². The van der Waals surface area contributed by atoms with Crippen LogP contribution in [0.25, 0.3) is 0 Å². The van der Waals surface area contributed by atoms with Crippen molar-refractivity contribution in [3.05, 3.63) is 69.1 Å². The van der Waals surface area contributed by atoms with E-state index < -0.39 is 0 Å². The summed E-state index contributed by atoms with van der Waals surface area (Å²) in [5.74, 6) is 2.29. The number of nitrogens with zero attached hydrogens (tertiary/aromatic N) is 4. The van der Waals surface area contributed by atoms with E-state index in [4.69, 9.17) is 16.7 Å². The van der Waals surface area contributed by atoms with Crippen molar-refractivity contribution < 1.29 is 5.11 Å². The summed E-state index contributed by atoms with van der Waals surface area (Å²) >= 11 is 7.76. The van der Waals surface area contributed by atoms with E-state index in [1.807, 2.05) is 52.8 Å². The molecule has 34 heavy (non-hydrogen) atoms. The summed E-state index contributed by atoms with van der Waals surface area (Å²) in [4.78, 5) is 14.6. The summed E-state index contributed by atoms with van der Waals surface area (Å²) in [5, 5.41) is 17.2. The number of rotatable bonds is 11. The first-order valence-electron chi connectivity index (χ1n) is 11.4. The molecule has 186 valence electrons. The van der Waals surface area contributed by atoms with Gasteiger partial charge in [0.25, 0.3) is 0 Å². The molecule has 1 aromatic heterocycles. The van der Waals surface area contributed by atoms with Gasteiger partial charge in [0.15, 0.2) is 0 Å². The van der Waals surface area contributed by atoms with Gasteiger partial charge in [0.05, 0.1) is 17.3 Å². The lowest BCUT2D eigenvalue weighted by atomic mass is 10.2. The summed E-state index contributed by atoms with van der Waals surface area (Å²) in [5.41, 5.74) is 2.64. The standard InChI is InChI=1S/C25H37ClN6OS/c1-8-17(3)25(18(4)26)27-19(5)22(9-2)34-21(7)30-23-16-24(29-20(6)28-23)32-12-10-31(11-13-32)14-15-33/h8-9,16,27,33H,5,7,10-15H2,1-4,6H3,(H,28,29,30)/b17-8-,22-9-,25-18-. The average Bonchev–Trinajstić information content (AvgIpc) is 2.80. The Morgan fingerprint density at radius 2 is 1.85 bits per heavy atom. The topological polar surface area (TPSA) is 76.5 Å². The zero-order chi connectivity index (χ0) is 25.3. The minimum Gasteiger partial charge on any atom is -0.395 e. The molecule has 1 aromatic rings. The van der Waals surface area contributed by atoms with Crippen LogP contribution < -0.4 is 15.5 Å². The van der Waals surface area contributed by atoms with Crippen molar-refractivity contribution in [2.45, 2.75) is 34.6 Å². The van der Waals surface area contributed by atoms with Crippen molar-refractivity contribution in [3.63, 3.8) is 0 Å². The smallest absolute Gasteiger partial charge is 0.136 e. The zero-order valence-corrected chi connectivity index (χ0v) is 22.5. The SMILES string of the molecule is C=C(Nc1cc(N2CCN(CCO)CC2)nc(C)n1)S/C(=C\C)C(=C)NC(/C(C)=C\C)=C(/C)Cl. The Morgan fingerprint density at radius 1 is 1.18 bits per heavy atom. The highest BCUT2D eigenvalue weighted by molar-refractivity contribution is 8.07. The number of hydrogen-bond acceptors (Lipinski definition) is 8. The summed E-state index contributed by atoms with van der Waals surface area (Å²) in [7, 11) is 0. The number of piperazine rings is 1. The molecule has 0 aliphatic carbocycles. The maximum absolute atomic E-state index is 9.16. The van der Waals surface area contributed by atoms with Gasteiger partial charge in [-0.2, -0.15) is 0 Å². The third kappa shape index (κ3) is 8.20. The molecule has 0 unspecified atom stereocenters. The first-order chi connectivity index (χ1) is 16.2. The fourth-order valence-electron chi connectivity index (χ4n) is 3.53. The molecule has 9 heteroatoms. The van der Waals surface area contributed by atoms with Gasteiger partial charge in [-0.15, -0.1) is 0 Å². The van der Waals surface area contributed by atoms with Gasteiger partial charge in [-0.1, -0.05) is 48.7 Å². The highest BCUT2D eigenvalue weighted by atomic mass is 35.5. The van der Waals surface area contributed by atoms with Gasteiger partial charge in [-0.3, -0.25) is 4.90 Å². The van der Waals surface area contributed by atoms with Gasteiger partial charge in [-0.05, 0) is 40.2 Å². The Balaban J connectivity index is 2.05. The number of aromatic nitrogens is 2. The van der Waals surface area contributed by atoms with E-state index in [0.29, 0.717) is 23.2 Å². The Hall–Kier alpha value is -2.26. The molecule has 0 spiro atoms. The summed E-state index contributed by atoms with van der Waals surface area (Å²) in [6.07, 6.45) is 3.99. The molecule has 2 heterocycles. The number of β-amino-alcohol motifs (C(OH)–C–C–N with tert-alkyl or cyclic N) is 1. The van der Waals surface area contributed by atoms with Gasteiger partial charge in [0.2, 0.25) is 0 Å². The van der Waals surface area contributed by atoms with E-state index in [0.717, 1.165) is 58.9 Å². The molecule has 1 aliphatic heterocycles. The highest BCUT2D eigenvalue weighted by Crippen LogP contribution is 2.31. The number of halogens is 1. The Kier molecular flexibility index (Phi) is 11.2. The summed E-state index contributed by atoms with van der Waals surface area (Å²) in [6.45, 7) is 22.5. The molecule has 3 N–H and O–H groups in total. The normalized spacial score (nSPS) is 16.3. The number of allylic oxidation sites excluding steroid dienone is 4. The molecule has 1 aliphatic rings. The van der Waals surface area contributed by atoms with Crippen LogP contribution in [-0.2, 0) is 0 Å². The van der Waals surface area contributed by atoms with Crippen LogP contribution >= 0.6 is 23.4 Å². The molecule has 0 atom stereocenters. The quantitative estimate of drug-likeness (QED) is 0.365. The molecule has 0 radical (unpaired) electrons. The van der Waals surface area contributed by atoms with Crippen LogP contribution in [0.5, 0.6) is 0 Å². The first kappa shape index (κ1) is 28.0. The van der Waals surface area contributed by atoms with Crippen LogP contribution in [0.1, 0.15) is 33.5 Å². The number of anilines is 2. The molecule has 0 amide bonds. The number of aryl methyl sites for hydroxylation is 1. The van der Waals surface area contributed by atoms with Crippen molar-refractivity contribution in [3.8, 4) is 0 Å². The van der Waals surface area contributed by atoms with E-state index in [9.17, 15) is 0 Å². The molecule has 0 bridgehead atoms. The predicted molar refractivity (Wildman–Crippen MR) is 147 cm³/mol. The summed E-state index contributed by atoms with van der Waals surface area (Å²) < 4.78 is 0. The highest BCUT2D eigenvalue weighted by Gasteiger charge is 2.19. The van der Waals surface area contributed by atoms with Gasteiger partial charge in [-0.25, -0.2) is 9.97 Å². The number of thioether (sulfide) groups is 1. The lowest BCUT2D eigenvalue weighted by molar-refractivity contribution is 0.188. The molecular formula is C25H37ClN6OS. The average molecular weight is 505 g/mol. The second kappa shape index (κ2) is 13.6. The fourth-order valence-corrected chi connectivity index (χ4v) is 4.44.